The van der Waals surface area contributed by atoms with Crippen molar-refractivity contribution in [3.63, 3.8) is 0 Å². The lowest BCUT2D eigenvalue weighted by atomic mass is 10.2. The molecule has 1 heterocycles. The Morgan fingerprint density at radius 3 is 2.71 bits per heavy atom. The number of halogens is 3. The van der Waals surface area contributed by atoms with Gasteiger partial charge < -0.3 is 4.98 Å². The highest BCUT2D eigenvalue weighted by molar-refractivity contribution is 5.13. The van der Waals surface area contributed by atoms with E-state index in [1.165, 1.54) is 0 Å². The van der Waals surface area contributed by atoms with Crippen molar-refractivity contribution >= 4 is 0 Å². The monoisotopic (exact) mass is 203 g/mol. The van der Waals surface area contributed by atoms with Crippen molar-refractivity contribution in [1.82, 2.24) is 9.97 Å². The van der Waals surface area contributed by atoms with Crippen molar-refractivity contribution < 1.29 is 13.2 Å². The fourth-order valence-electron chi connectivity index (χ4n) is 0.834. The van der Waals surface area contributed by atoms with Gasteiger partial charge in [0, 0.05) is 5.69 Å². The molecule has 0 spiro atoms. The van der Waals surface area contributed by atoms with Crippen LogP contribution in [0.4, 0.5) is 13.2 Å². The quantitative estimate of drug-likeness (QED) is 0.735. The zero-order valence-corrected chi connectivity index (χ0v) is 6.72. The van der Waals surface area contributed by atoms with Crippen LogP contribution in [0, 0.1) is 11.3 Å². The van der Waals surface area contributed by atoms with E-state index in [0.717, 1.165) is 0 Å². The van der Waals surface area contributed by atoms with Gasteiger partial charge in [0.25, 0.3) is 0 Å². The third-order valence-electron chi connectivity index (χ3n) is 1.36. The molecule has 0 aliphatic heterocycles. The number of H-pyrrole nitrogens is 1. The fraction of sp³-hybridized carbons (Fsp3) is 0.286. The van der Waals surface area contributed by atoms with Gasteiger partial charge in [-0.1, -0.05) is 0 Å². The van der Waals surface area contributed by atoms with Crippen LogP contribution in [-0.4, -0.2) is 9.97 Å². The largest absolute Gasteiger partial charge is 0.433 e. The first-order chi connectivity index (χ1) is 6.43. The van der Waals surface area contributed by atoms with E-state index in [4.69, 9.17) is 5.26 Å². The maximum atomic E-state index is 12.1. The molecule has 0 amide bonds. The molecule has 0 atom stereocenters. The number of alkyl halides is 3. The van der Waals surface area contributed by atoms with Crippen molar-refractivity contribution in [2.24, 2.45) is 0 Å². The fourth-order valence-corrected chi connectivity index (χ4v) is 0.834. The highest BCUT2D eigenvalue weighted by Gasteiger charge is 2.33. The van der Waals surface area contributed by atoms with E-state index in [9.17, 15) is 18.0 Å². The molecule has 0 fully saturated rings. The molecule has 1 aromatic heterocycles. The molecule has 1 aromatic rings. The number of aromatic nitrogens is 2. The van der Waals surface area contributed by atoms with E-state index in [1.54, 1.807) is 6.07 Å². The van der Waals surface area contributed by atoms with Gasteiger partial charge in [0.15, 0.2) is 5.69 Å². The maximum absolute atomic E-state index is 12.1. The molecule has 7 heteroatoms. The number of nitriles is 1. The molecule has 0 aliphatic rings. The van der Waals surface area contributed by atoms with Crippen LogP contribution in [0.3, 0.4) is 0 Å². The van der Waals surface area contributed by atoms with Gasteiger partial charge in [-0.3, -0.25) is 0 Å². The van der Waals surface area contributed by atoms with E-state index < -0.39 is 17.6 Å². The summed E-state index contributed by atoms with van der Waals surface area (Å²) in [6, 6.07) is 2.27. The summed E-state index contributed by atoms with van der Waals surface area (Å²) < 4.78 is 36.3. The molecule has 0 unspecified atom stereocenters. The Morgan fingerprint density at radius 1 is 1.57 bits per heavy atom. The molecule has 14 heavy (non-hydrogen) atoms. The summed E-state index contributed by atoms with van der Waals surface area (Å²) >= 11 is 0. The van der Waals surface area contributed by atoms with E-state index in [1.807, 2.05) is 4.98 Å². The summed E-state index contributed by atoms with van der Waals surface area (Å²) in [7, 11) is 0. The molecular formula is C7H4F3N3O. The molecule has 74 valence electrons. The van der Waals surface area contributed by atoms with E-state index in [0.29, 0.717) is 6.07 Å². The average Bonchev–Trinajstić information content (AvgIpc) is 2.02. The van der Waals surface area contributed by atoms with Crippen molar-refractivity contribution in [3.8, 4) is 6.07 Å². The minimum absolute atomic E-state index is 0.0974. The van der Waals surface area contributed by atoms with Crippen molar-refractivity contribution in [1.29, 1.82) is 5.26 Å². The number of nitrogens with zero attached hydrogens (tertiary/aromatic N) is 2. The van der Waals surface area contributed by atoms with Gasteiger partial charge in [0.2, 0.25) is 0 Å². The predicted octanol–water partition coefficient (Wildman–Crippen LogP) is 0.855. The topological polar surface area (TPSA) is 69.5 Å². The molecule has 0 radical (unpaired) electrons. The molecule has 0 saturated heterocycles. The first-order valence-corrected chi connectivity index (χ1v) is 3.48. The molecular weight excluding hydrogens is 199 g/mol. The first kappa shape index (κ1) is 10.2. The average molecular weight is 203 g/mol. The molecule has 1 N–H and O–H groups in total. The minimum atomic E-state index is -4.67. The second-order valence-electron chi connectivity index (χ2n) is 2.43. The van der Waals surface area contributed by atoms with Crippen LogP contribution in [0.5, 0.6) is 0 Å². The SMILES string of the molecule is N#CCc1cc(C(F)(F)F)nc(=O)[nH]1. The Bertz CT molecular complexity index is 429. The van der Waals surface area contributed by atoms with Crippen LogP contribution in [0.15, 0.2) is 10.9 Å². The summed E-state index contributed by atoms with van der Waals surface area (Å²) in [5, 5.41) is 8.23. The number of aromatic amines is 1. The molecule has 0 aliphatic carbocycles. The van der Waals surface area contributed by atoms with Gasteiger partial charge in [-0.05, 0) is 6.07 Å². The van der Waals surface area contributed by atoms with Gasteiger partial charge in [0.05, 0.1) is 12.5 Å². The van der Waals surface area contributed by atoms with E-state index in [-0.39, 0.29) is 12.1 Å². The van der Waals surface area contributed by atoms with Gasteiger partial charge in [-0.2, -0.15) is 23.4 Å². The number of hydrogen-bond donors (Lipinski definition) is 1. The van der Waals surface area contributed by atoms with Gasteiger partial charge in [-0.25, -0.2) is 4.79 Å². The highest BCUT2D eigenvalue weighted by atomic mass is 19.4. The zero-order chi connectivity index (χ0) is 10.8. The number of hydrogen-bond acceptors (Lipinski definition) is 3. The van der Waals surface area contributed by atoms with Crippen LogP contribution in [0.1, 0.15) is 11.4 Å². The van der Waals surface area contributed by atoms with E-state index in [2.05, 4.69) is 4.98 Å². The second kappa shape index (κ2) is 3.49. The maximum Gasteiger partial charge on any atom is 0.433 e. The summed E-state index contributed by atoms with van der Waals surface area (Å²) in [4.78, 5) is 15.4. The summed E-state index contributed by atoms with van der Waals surface area (Å²) in [5.41, 5.74) is -2.49. The van der Waals surface area contributed by atoms with Gasteiger partial charge >= 0.3 is 11.9 Å². The van der Waals surface area contributed by atoms with Crippen molar-refractivity contribution in [2.75, 3.05) is 0 Å². The second-order valence-corrected chi connectivity index (χ2v) is 2.43. The number of rotatable bonds is 1. The molecule has 0 saturated carbocycles. The van der Waals surface area contributed by atoms with Gasteiger partial charge in [0.1, 0.15) is 0 Å². The highest BCUT2D eigenvalue weighted by Crippen LogP contribution is 2.26. The third kappa shape index (κ3) is 2.32. The smallest absolute Gasteiger partial charge is 0.309 e. The molecule has 4 nitrogen and oxygen atoms in total. The lowest BCUT2D eigenvalue weighted by Crippen LogP contribution is -2.20. The van der Waals surface area contributed by atoms with Gasteiger partial charge in [-0.15, -0.1) is 0 Å². The Balaban J connectivity index is 3.22. The Morgan fingerprint density at radius 2 is 2.21 bits per heavy atom. The number of nitrogens with one attached hydrogen (secondary N) is 1. The normalized spacial score (nSPS) is 11.0. The summed E-state index contributed by atoms with van der Waals surface area (Å²) in [5.74, 6) is 0. The predicted molar refractivity (Wildman–Crippen MR) is 39.2 cm³/mol. The Labute approximate surface area is 76.0 Å². The minimum Gasteiger partial charge on any atom is -0.309 e. The van der Waals surface area contributed by atoms with Crippen LogP contribution in [0.25, 0.3) is 0 Å². The van der Waals surface area contributed by atoms with Crippen molar-refractivity contribution in [2.45, 2.75) is 12.6 Å². The Kier molecular flexibility index (Phi) is 2.56. The van der Waals surface area contributed by atoms with E-state index >= 15 is 0 Å². The summed E-state index contributed by atoms with van der Waals surface area (Å²) in [6.07, 6.45) is -4.96. The molecule has 0 aromatic carbocycles. The van der Waals surface area contributed by atoms with Crippen LogP contribution < -0.4 is 5.69 Å². The van der Waals surface area contributed by atoms with Crippen LogP contribution in [0.2, 0.25) is 0 Å². The lowest BCUT2D eigenvalue weighted by molar-refractivity contribution is -0.141. The molecule has 1 rings (SSSR count). The lowest BCUT2D eigenvalue weighted by Gasteiger charge is -2.04. The molecule has 0 bridgehead atoms. The zero-order valence-electron chi connectivity index (χ0n) is 6.72. The van der Waals surface area contributed by atoms with Crippen LogP contribution >= 0.6 is 0 Å². The third-order valence-corrected chi connectivity index (χ3v) is 1.36. The van der Waals surface area contributed by atoms with Crippen LogP contribution in [-0.2, 0) is 12.6 Å². The summed E-state index contributed by atoms with van der Waals surface area (Å²) in [6.45, 7) is 0. The Hall–Kier alpha value is -1.84. The first-order valence-electron chi connectivity index (χ1n) is 3.48. The standard InChI is InChI=1S/C7H4F3N3O/c8-7(9,10)5-3-4(1-2-11)12-6(14)13-5/h3H,1H2,(H,12,13,14). The van der Waals surface area contributed by atoms with Crippen molar-refractivity contribution in [3.05, 3.63) is 27.9 Å².